The molecule has 1 aromatic carbocycles. The van der Waals surface area contributed by atoms with Gasteiger partial charge in [-0.1, -0.05) is 0 Å². The minimum absolute atomic E-state index is 0.207. The Kier molecular flexibility index (Phi) is 6.11. The normalized spacial score (nSPS) is 15.0. The number of benzene rings is 1. The topological polar surface area (TPSA) is 68.3 Å². The summed E-state index contributed by atoms with van der Waals surface area (Å²) in [7, 11) is 3.22. The molecule has 7 heteroatoms. The number of H-pyrrole nitrogens is 1. The Balaban J connectivity index is 1.98. The number of hydrogen-bond acceptors (Lipinski definition) is 5. The van der Waals surface area contributed by atoms with Crippen molar-refractivity contribution in [3.63, 3.8) is 0 Å². The van der Waals surface area contributed by atoms with Crippen molar-refractivity contribution in [3.05, 3.63) is 39.4 Å². The third-order valence-corrected chi connectivity index (χ3v) is 5.26. The Morgan fingerprint density at radius 2 is 1.96 bits per heavy atom. The maximum atomic E-state index is 12.1. The molecule has 1 aliphatic rings. The fourth-order valence-electron chi connectivity index (χ4n) is 3.46. The third-order valence-electron chi connectivity index (χ3n) is 4.94. The zero-order chi connectivity index (χ0) is 18.5. The first-order chi connectivity index (χ1) is 12.6. The number of nitrogens with one attached hydrogen (secondary N) is 2. The summed E-state index contributed by atoms with van der Waals surface area (Å²) in [5.74, 6) is 2.03. The number of methoxy groups -OCH3 is 2. The lowest BCUT2D eigenvalue weighted by molar-refractivity contribution is 0.337. The van der Waals surface area contributed by atoms with Crippen molar-refractivity contribution in [1.82, 2.24) is 14.9 Å². The van der Waals surface area contributed by atoms with Crippen LogP contribution in [0.15, 0.2) is 29.1 Å². The number of piperidine rings is 1. The molecule has 1 saturated heterocycles. The largest absolute Gasteiger partial charge is 0.497 e. The van der Waals surface area contributed by atoms with Crippen molar-refractivity contribution in [2.45, 2.75) is 25.8 Å². The smallest absolute Gasteiger partial charge is 0.252 e. The van der Waals surface area contributed by atoms with Crippen LogP contribution in [0.5, 0.6) is 11.5 Å². The first kappa shape index (κ1) is 18.7. The predicted octanol–water partition coefficient (Wildman–Crippen LogP) is 2.98. The molecule has 0 radical (unpaired) electrons. The van der Waals surface area contributed by atoms with E-state index in [2.05, 4.69) is 10.3 Å². The van der Waals surface area contributed by atoms with Gasteiger partial charge >= 0.3 is 0 Å². The first-order valence-electron chi connectivity index (χ1n) is 8.89. The van der Waals surface area contributed by atoms with Gasteiger partial charge in [0.2, 0.25) is 0 Å². The Labute approximate surface area is 158 Å². The Hall–Kier alpha value is -2.12. The number of nitrogens with zero attached hydrogens (tertiary/aromatic N) is 1. The number of hydrogen-bond donors (Lipinski definition) is 2. The zero-order valence-corrected chi connectivity index (χ0v) is 16.0. The molecular weight excluding hydrogens is 350 g/mol. The summed E-state index contributed by atoms with van der Waals surface area (Å²) >= 11 is 5.45. The van der Waals surface area contributed by atoms with Crippen LogP contribution in [0.3, 0.4) is 0 Å². The van der Waals surface area contributed by atoms with Crippen LogP contribution >= 0.6 is 12.2 Å². The van der Waals surface area contributed by atoms with Crippen LogP contribution in [-0.4, -0.2) is 36.9 Å². The van der Waals surface area contributed by atoms with Crippen LogP contribution in [0, 0.1) is 10.7 Å². The summed E-state index contributed by atoms with van der Waals surface area (Å²) in [5, 5.41) is 3.39. The predicted molar refractivity (Wildman–Crippen MR) is 105 cm³/mol. The van der Waals surface area contributed by atoms with Gasteiger partial charge in [-0.25, -0.2) is 0 Å². The maximum absolute atomic E-state index is 12.1. The highest BCUT2D eigenvalue weighted by atomic mass is 32.1. The number of aromatic amines is 1. The average molecular weight is 375 g/mol. The van der Waals surface area contributed by atoms with Crippen molar-refractivity contribution in [2.75, 3.05) is 27.3 Å². The van der Waals surface area contributed by atoms with E-state index in [-0.39, 0.29) is 5.56 Å². The Morgan fingerprint density at radius 3 is 2.65 bits per heavy atom. The molecule has 2 N–H and O–H groups in total. The van der Waals surface area contributed by atoms with Gasteiger partial charge in [-0.15, -0.1) is 0 Å². The van der Waals surface area contributed by atoms with Crippen LogP contribution < -0.4 is 20.3 Å². The lowest BCUT2D eigenvalue weighted by Gasteiger charge is -2.24. The van der Waals surface area contributed by atoms with E-state index < -0.39 is 0 Å². The summed E-state index contributed by atoms with van der Waals surface area (Å²) in [4.78, 5) is 14.8. The summed E-state index contributed by atoms with van der Waals surface area (Å²) < 4.78 is 13.2. The van der Waals surface area contributed by atoms with Crippen LogP contribution in [0.1, 0.15) is 19.3 Å². The van der Waals surface area contributed by atoms with Crippen molar-refractivity contribution < 1.29 is 9.47 Å². The van der Waals surface area contributed by atoms with E-state index in [0.29, 0.717) is 22.2 Å². The molecule has 140 valence electrons. The average Bonchev–Trinajstić information content (AvgIpc) is 2.67. The molecule has 6 nitrogen and oxygen atoms in total. The van der Waals surface area contributed by atoms with E-state index in [1.54, 1.807) is 20.3 Å². The number of rotatable bonds is 6. The van der Waals surface area contributed by atoms with Crippen LogP contribution in [0.25, 0.3) is 11.3 Å². The summed E-state index contributed by atoms with van der Waals surface area (Å²) in [6, 6.07) is 7.17. The second-order valence-electron chi connectivity index (χ2n) is 6.52. The molecule has 0 spiro atoms. The van der Waals surface area contributed by atoms with Gasteiger partial charge in [0.15, 0.2) is 4.77 Å². The van der Waals surface area contributed by atoms with Crippen LogP contribution in [0.4, 0.5) is 0 Å². The molecule has 0 saturated carbocycles. The van der Waals surface area contributed by atoms with Gasteiger partial charge in [0.25, 0.3) is 5.56 Å². The van der Waals surface area contributed by atoms with Gasteiger partial charge in [-0.3, -0.25) is 9.78 Å². The highest BCUT2D eigenvalue weighted by Crippen LogP contribution is 2.33. The van der Waals surface area contributed by atoms with E-state index in [4.69, 9.17) is 21.7 Å². The second-order valence-corrected chi connectivity index (χ2v) is 6.91. The SMILES string of the molecule is COc1ccc(-c2cc(=O)[nH]c(=S)n2CCC2CCNCC2)c(OC)c1. The molecule has 0 atom stereocenters. The number of aromatic nitrogens is 2. The quantitative estimate of drug-likeness (QED) is 0.760. The van der Waals surface area contributed by atoms with E-state index in [1.165, 1.54) is 12.8 Å². The lowest BCUT2D eigenvalue weighted by Crippen LogP contribution is -2.28. The van der Waals surface area contributed by atoms with Crippen molar-refractivity contribution >= 4 is 12.2 Å². The molecule has 1 fully saturated rings. The van der Waals surface area contributed by atoms with E-state index in [0.717, 1.165) is 37.3 Å². The minimum atomic E-state index is -0.207. The molecule has 3 rings (SSSR count). The van der Waals surface area contributed by atoms with Gasteiger partial charge < -0.3 is 19.4 Å². The van der Waals surface area contributed by atoms with Gasteiger partial charge in [-0.2, -0.15) is 0 Å². The highest BCUT2D eigenvalue weighted by Gasteiger charge is 2.16. The van der Waals surface area contributed by atoms with Crippen LogP contribution in [-0.2, 0) is 6.54 Å². The fraction of sp³-hybridized carbons (Fsp3) is 0.474. The van der Waals surface area contributed by atoms with Crippen molar-refractivity contribution in [1.29, 1.82) is 0 Å². The van der Waals surface area contributed by atoms with E-state index >= 15 is 0 Å². The molecule has 1 aromatic heterocycles. The molecule has 0 aliphatic carbocycles. The second kappa shape index (κ2) is 8.51. The lowest BCUT2D eigenvalue weighted by atomic mass is 9.94. The van der Waals surface area contributed by atoms with Crippen molar-refractivity contribution in [3.8, 4) is 22.8 Å². The molecule has 0 amide bonds. The highest BCUT2D eigenvalue weighted by molar-refractivity contribution is 7.71. The van der Waals surface area contributed by atoms with E-state index in [1.807, 2.05) is 22.8 Å². The molecule has 0 bridgehead atoms. The summed E-state index contributed by atoms with van der Waals surface area (Å²) in [6.45, 7) is 2.91. The third kappa shape index (κ3) is 4.16. The van der Waals surface area contributed by atoms with E-state index in [9.17, 15) is 4.79 Å². The maximum Gasteiger partial charge on any atom is 0.252 e. The molecule has 0 unspecified atom stereocenters. The zero-order valence-electron chi connectivity index (χ0n) is 15.2. The standard InChI is InChI=1S/C19H25N3O3S/c1-24-14-3-4-15(17(11-14)25-2)16-12-18(23)21-19(26)22(16)10-7-13-5-8-20-9-6-13/h3-4,11-13,20H,5-10H2,1-2H3,(H,21,23,26). The monoisotopic (exact) mass is 375 g/mol. The minimum Gasteiger partial charge on any atom is -0.497 e. The molecular formula is C19H25N3O3S. The van der Waals surface area contributed by atoms with Gasteiger partial charge in [-0.05, 0) is 62.6 Å². The molecule has 26 heavy (non-hydrogen) atoms. The van der Waals surface area contributed by atoms with Gasteiger partial charge in [0, 0.05) is 24.2 Å². The molecule has 2 aromatic rings. The molecule has 1 aliphatic heterocycles. The van der Waals surface area contributed by atoms with Gasteiger partial charge in [0.05, 0.1) is 19.9 Å². The summed E-state index contributed by atoms with van der Waals surface area (Å²) in [5.41, 5.74) is 1.39. The van der Waals surface area contributed by atoms with Crippen LogP contribution in [0.2, 0.25) is 0 Å². The Morgan fingerprint density at radius 1 is 1.19 bits per heavy atom. The van der Waals surface area contributed by atoms with Gasteiger partial charge in [0.1, 0.15) is 11.5 Å². The number of ether oxygens (including phenoxy) is 2. The Bertz CT molecular complexity index is 869. The fourth-order valence-corrected chi connectivity index (χ4v) is 3.75. The first-order valence-corrected chi connectivity index (χ1v) is 9.30. The molecule has 2 heterocycles. The van der Waals surface area contributed by atoms with Crippen molar-refractivity contribution in [2.24, 2.45) is 5.92 Å². The summed E-state index contributed by atoms with van der Waals surface area (Å²) in [6.07, 6.45) is 3.39.